The van der Waals surface area contributed by atoms with Crippen molar-refractivity contribution >= 4 is 17.5 Å². The Morgan fingerprint density at radius 2 is 1.71 bits per heavy atom. The molecule has 2 rings (SSSR count). The van der Waals surface area contributed by atoms with E-state index in [9.17, 15) is 9.59 Å². The van der Waals surface area contributed by atoms with Gasteiger partial charge in [-0.1, -0.05) is 32.9 Å². The third-order valence-electron chi connectivity index (χ3n) is 3.97. The Labute approximate surface area is 126 Å². The summed E-state index contributed by atoms with van der Waals surface area (Å²) in [4.78, 5) is 26.0. The number of nitrogens with zero attached hydrogens (tertiary/aromatic N) is 1. The number of piperidine rings is 1. The van der Waals surface area contributed by atoms with Crippen molar-refractivity contribution < 1.29 is 9.59 Å². The van der Waals surface area contributed by atoms with Gasteiger partial charge in [-0.25, -0.2) is 0 Å². The molecule has 0 aliphatic carbocycles. The zero-order valence-corrected chi connectivity index (χ0v) is 13.1. The Morgan fingerprint density at radius 3 is 2.24 bits per heavy atom. The molecule has 2 unspecified atom stereocenters. The van der Waals surface area contributed by atoms with Crippen LogP contribution in [0.1, 0.15) is 32.8 Å². The van der Waals surface area contributed by atoms with E-state index in [1.54, 1.807) is 4.90 Å². The first-order chi connectivity index (χ1) is 9.99. The molecule has 1 aliphatic heterocycles. The van der Waals surface area contributed by atoms with Crippen LogP contribution in [0.25, 0.3) is 0 Å². The lowest BCUT2D eigenvalue weighted by molar-refractivity contribution is -0.144. The smallest absolute Gasteiger partial charge is 0.313 e. The molecule has 1 N–H and O–H groups in total. The van der Waals surface area contributed by atoms with Crippen LogP contribution >= 0.6 is 0 Å². The topological polar surface area (TPSA) is 49.4 Å². The number of hydrogen-bond acceptors (Lipinski definition) is 2. The molecular formula is C17H24N2O2. The van der Waals surface area contributed by atoms with E-state index in [0.717, 1.165) is 12.8 Å². The maximum Gasteiger partial charge on any atom is 0.313 e. The Kier molecular flexibility index (Phi) is 4.99. The largest absolute Gasteiger partial charge is 0.334 e. The number of aryl methyl sites for hydroxylation is 1. The summed E-state index contributed by atoms with van der Waals surface area (Å²) >= 11 is 0. The van der Waals surface area contributed by atoms with E-state index in [2.05, 4.69) is 26.1 Å². The highest BCUT2D eigenvalue weighted by atomic mass is 16.2. The van der Waals surface area contributed by atoms with Crippen LogP contribution in [0.3, 0.4) is 0 Å². The second-order valence-electron chi connectivity index (χ2n) is 6.16. The molecule has 4 nitrogen and oxygen atoms in total. The fraction of sp³-hybridized carbons (Fsp3) is 0.529. The van der Waals surface area contributed by atoms with Gasteiger partial charge in [0.2, 0.25) is 0 Å². The van der Waals surface area contributed by atoms with Gasteiger partial charge in [-0.05, 0) is 42.4 Å². The number of benzene rings is 1. The predicted molar refractivity (Wildman–Crippen MR) is 84.0 cm³/mol. The maximum atomic E-state index is 12.2. The molecule has 0 saturated carbocycles. The molecule has 1 saturated heterocycles. The van der Waals surface area contributed by atoms with Crippen molar-refractivity contribution in [3.63, 3.8) is 0 Å². The first-order valence-electron chi connectivity index (χ1n) is 7.68. The summed E-state index contributed by atoms with van der Waals surface area (Å²) in [6, 6.07) is 7.60. The highest BCUT2D eigenvalue weighted by molar-refractivity contribution is 6.39. The SMILES string of the molecule is CCc1ccc(NC(=O)C(=O)N2CC(C)CC(C)C2)cc1. The van der Waals surface area contributed by atoms with Crippen LogP contribution < -0.4 is 5.32 Å². The van der Waals surface area contributed by atoms with Gasteiger partial charge in [0.25, 0.3) is 0 Å². The van der Waals surface area contributed by atoms with Gasteiger partial charge < -0.3 is 10.2 Å². The quantitative estimate of drug-likeness (QED) is 0.851. The number of carbonyl (C=O) groups is 2. The first-order valence-corrected chi connectivity index (χ1v) is 7.68. The third-order valence-corrected chi connectivity index (χ3v) is 3.97. The molecule has 21 heavy (non-hydrogen) atoms. The normalized spacial score (nSPS) is 22.0. The fourth-order valence-electron chi connectivity index (χ4n) is 2.98. The van der Waals surface area contributed by atoms with Crippen molar-refractivity contribution in [1.82, 2.24) is 4.90 Å². The third kappa shape index (κ3) is 4.06. The molecule has 0 aromatic heterocycles. The van der Waals surface area contributed by atoms with E-state index in [0.29, 0.717) is 30.6 Å². The van der Waals surface area contributed by atoms with Crippen LogP contribution in [-0.2, 0) is 16.0 Å². The van der Waals surface area contributed by atoms with Crippen LogP contribution in [-0.4, -0.2) is 29.8 Å². The number of hydrogen-bond donors (Lipinski definition) is 1. The lowest BCUT2D eigenvalue weighted by atomic mass is 9.92. The summed E-state index contributed by atoms with van der Waals surface area (Å²) < 4.78 is 0. The molecule has 2 atom stereocenters. The number of nitrogens with one attached hydrogen (secondary N) is 1. The predicted octanol–water partition coefficient (Wildman–Crippen LogP) is 2.69. The number of amides is 2. The van der Waals surface area contributed by atoms with Crippen molar-refractivity contribution in [1.29, 1.82) is 0 Å². The van der Waals surface area contributed by atoms with E-state index in [4.69, 9.17) is 0 Å². The summed E-state index contributed by atoms with van der Waals surface area (Å²) in [6.07, 6.45) is 2.07. The van der Waals surface area contributed by atoms with Gasteiger partial charge >= 0.3 is 11.8 Å². The van der Waals surface area contributed by atoms with Gasteiger partial charge in [0, 0.05) is 18.8 Å². The summed E-state index contributed by atoms with van der Waals surface area (Å²) in [7, 11) is 0. The number of likely N-dealkylation sites (tertiary alicyclic amines) is 1. The molecule has 1 heterocycles. The Bertz CT molecular complexity index is 500. The summed E-state index contributed by atoms with van der Waals surface area (Å²) in [5, 5.41) is 2.69. The molecule has 2 amide bonds. The van der Waals surface area contributed by atoms with E-state index in [1.807, 2.05) is 24.3 Å². The molecule has 0 bridgehead atoms. The van der Waals surface area contributed by atoms with Crippen molar-refractivity contribution in [3.05, 3.63) is 29.8 Å². The number of rotatable bonds is 2. The fourth-order valence-corrected chi connectivity index (χ4v) is 2.98. The second kappa shape index (κ2) is 6.74. The second-order valence-corrected chi connectivity index (χ2v) is 6.16. The van der Waals surface area contributed by atoms with Gasteiger partial charge in [-0.2, -0.15) is 0 Å². The van der Waals surface area contributed by atoms with Crippen molar-refractivity contribution in [2.45, 2.75) is 33.6 Å². The van der Waals surface area contributed by atoms with Crippen molar-refractivity contribution in [3.8, 4) is 0 Å². The molecule has 4 heteroatoms. The average molecular weight is 288 g/mol. The minimum atomic E-state index is -0.541. The summed E-state index contributed by atoms with van der Waals surface area (Å²) in [5.41, 5.74) is 1.88. The summed E-state index contributed by atoms with van der Waals surface area (Å²) in [6.45, 7) is 7.67. The maximum absolute atomic E-state index is 12.2. The zero-order chi connectivity index (χ0) is 15.4. The monoisotopic (exact) mass is 288 g/mol. The van der Waals surface area contributed by atoms with Crippen molar-refractivity contribution in [2.24, 2.45) is 11.8 Å². The van der Waals surface area contributed by atoms with Gasteiger partial charge in [0.15, 0.2) is 0 Å². The molecule has 0 radical (unpaired) electrons. The van der Waals surface area contributed by atoms with Crippen LogP contribution in [0.2, 0.25) is 0 Å². The average Bonchev–Trinajstić information content (AvgIpc) is 2.46. The minimum Gasteiger partial charge on any atom is -0.334 e. The van der Waals surface area contributed by atoms with E-state index < -0.39 is 11.8 Å². The van der Waals surface area contributed by atoms with Crippen LogP contribution in [0.5, 0.6) is 0 Å². The molecule has 0 spiro atoms. The molecule has 114 valence electrons. The summed E-state index contributed by atoms with van der Waals surface area (Å²) in [5.74, 6) is -0.0582. The van der Waals surface area contributed by atoms with Crippen LogP contribution in [0, 0.1) is 11.8 Å². The van der Waals surface area contributed by atoms with E-state index >= 15 is 0 Å². The minimum absolute atomic E-state index is 0.423. The van der Waals surface area contributed by atoms with Crippen molar-refractivity contribution in [2.75, 3.05) is 18.4 Å². The lowest BCUT2D eigenvalue weighted by Crippen LogP contribution is -2.47. The molecule has 1 aromatic carbocycles. The van der Waals surface area contributed by atoms with Crippen LogP contribution in [0.4, 0.5) is 5.69 Å². The van der Waals surface area contributed by atoms with Gasteiger partial charge in [0.1, 0.15) is 0 Å². The number of anilines is 1. The number of carbonyl (C=O) groups excluding carboxylic acids is 2. The first kappa shape index (κ1) is 15.5. The molecule has 1 aromatic rings. The van der Waals surface area contributed by atoms with E-state index in [-0.39, 0.29) is 0 Å². The molecule has 1 aliphatic rings. The zero-order valence-electron chi connectivity index (χ0n) is 13.1. The Hall–Kier alpha value is -1.84. The molecular weight excluding hydrogens is 264 g/mol. The Balaban J connectivity index is 1.97. The molecule has 1 fully saturated rings. The highest BCUT2D eigenvalue weighted by Gasteiger charge is 2.29. The Morgan fingerprint density at radius 1 is 1.14 bits per heavy atom. The van der Waals surface area contributed by atoms with Gasteiger partial charge in [-0.15, -0.1) is 0 Å². The highest BCUT2D eigenvalue weighted by Crippen LogP contribution is 2.21. The van der Waals surface area contributed by atoms with E-state index in [1.165, 1.54) is 5.56 Å². The standard InChI is InChI=1S/C17H24N2O2/c1-4-14-5-7-15(8-6-14)18-16(20)17(21)19-10-12(2)9-13(3)11-19/h5-8,12-13H,4,9-11H2,1-3H3,(H,18,20). The van der Waals surface area contributed by atoms with Gasteiger partial charge in [0.05, 0.1) is 0 Å². The van der Waals surface area contributed by atoms with Gasteiger partial charge in [-0.3, -0.25) is 9.59 Å². The lowest BCUT2D eigenvalue weighted by Gasteiger charge is -2.34. The van der Waals surface area contributed by atoms with Crippen LogP contribution in [0.15, 0.2) is 24.3 Å².